The molecule has 2 aromatic heterocycles. The third-order valence-corrected chi connectivity index (χ3v) is 1.97. The van der Waals surface area contributed by atoms with E-state index in [9.17, 15) is 9.59 Å². The predicted octanol–water partition coefficient (Wildman–Crippen LogP) is -0.150. The third kappa shape index (κ3) is 3.26. The van der Waals surface area contributed by atoms with Gasteiger partial charge in [0, 0.05) is 24.8 Å². The van der Waals surface area contributed by atoms with E-state index in [-0.39, 0.29) is 13.1 Å². The Hall–Kier alpha value is -2.44. The quantitative estimate of drug-likeness (QED) is 0.543. The van der Waals surface area contributed by atoms with Crippen LogP contribution in [0.4, 0.5) is 0 Å². The first-order valence-electron chi connectivity index (χ1n) is 4.89. The number of esters is 2. The van der Waals surface area contributed by atoms with E-state index < -0.39 is 11.9 Å². The lowest BCUT2D eigenvalue weighted by Gasteiger charge is -2.03. The number of nitrogens with zero attached hydrogens (tertiary/aromatic N) is 4. The van der Waals surface area contributed by atoms with Crippen molar-refractivity contribution >= 4 is 11.9 Å². The number of imidazole rings is 2. The number of aromatic nitrogens is 4. The molecule has 7 heteroatoms. The van der Waals surface area contributed by atoms with E-state index in [0.29, 0.717) is 0 Å². The Labute approximate surface area is 96.7 Å². The Bertz CT molecular complexity index is 443. The first-order valence-corrected chi connectivity index (χ1v) is 4.89. The Morgan fingerprint density at radius 2 is 1.41 bits per heavy atom. The molecule has 0 aliphatic rings. The standard InChI is InChI=1S/C10H10N4O3/c15-9(5-13-3-1-11-7-13)17-10(16)6-14-4-2-12-8-14/h1-4,7-8H,5-6H2. The summed E-state index contributed by atoms with van der Waals surface area (Å²) in [5.41, 5.74) is 0. The maximum absolute atomic E-state index is 11.3. The van der Waals surface area contributed by atoms with Gasteiger partial charge in [-0.05, 0) is 0 Å². The zero-order valence-electron chi connectivity index (χ0n) is 8.89. The molecular weight excluding hydrogens is 224 g/mol. The van der Waals surface area contributed by atoms with Crippen LogP contribution >= 0.6 is 0 Å². The number of carbonyl (C=O) groups is 2. The SMILES string of the molecule is O=C(Cn1ccnc1)OC(=O)Cn1ccnc1. The highest BCUT2D eigenvalue weighted by Crippen LogP contribution is 1.93. The molecule has 0 radical (unpaired) electrons. The molecule has 0 fully saturated rings. The third-order valence-electron chi connectivity index (χ3n) is 1.97. The summed E-state index contributed by atoms with van der Waals surface area (Å²) in [7, 11) is 0. The number of ether oxygens (including phenoxy) is 1. The lowest BCUT2D eigenvalue weighted by Crippen LogP contribution is -2.20. The number of hydrogen-bond acceptors (Lipinski definition) is 5. The maximum Gasteiger partial charge on any atom is 0.333 e. The summed E-state index contributed by atoms with van der Waals surface area (Å²) < 4.78 is 7.66. The molecule has 0 spiro atoms. The highest BCUT2D eigenvalue weighted by molar-refractivity contribution is 5.85. The minimum absolute atomic E-state index is 0.0321. The van der Waals surface area contributed by atoms with Crippen LogP contribution in [0.1, 0.15) is 0 Å². The number of rotatable bonds is 4. The van der Waals surface area contributed by atoms with Gasteiger partial charge in [-0.1, -0.05) is 0 Å². The van der Waals surface area contributed by atoms with Crippen molar-refractivity contribution in [1.82, 2.24) is 19.1 Å². The lowest BCUT2D eigenvalue weighted by molar-refractivity contribution is -0.160. The molecule has 0 bridgehead atoms. The minimum Gasteiger partial charge on any atom is -0.390 e. The van der Waals surface area contributed by atoms with Gasteiger partial charge in [0.05, 0.1) is 12.7 Å². The Morgan fingerprint density at radius 3 is 1.76 bits per heavy atom. The molecule has 2 rings (SSSR count). The Kier molecular flexibility index (Phi) is 3.29. The second-order valence-electron chi connectivity index (χ2n) is 3.32. The van der Waals surface area contributed by atoms with Crippen molar-refractivity contribution in [2.24, 2.45) is 0 Å². The lowest BCUT2D eigenvalue weighted by atomic mass is 10.6. The van der Waals surface area contributed by atoms with Gasteiger partial charge in [0.2, 0.25) is 0 Å². The van der Waals surface area contributed by atoms with Crippen LogP contribution in [0.5, 0.6) is 0 Å². The second kappa shape index (κ2) is 5.06. The summed E-state index contributed by atoms with van der Waals surface area (Å²) >= 11 is 0. The summed E-state index contributed by atoms with van der Waals surface area (Å²) in [5.74, 6) is -1.23. The van der Waals surface area contributed by atoms with E-state index in [1.165, 1.54) is 21.8 Å². The van der Waals surface area contributed by atoms with Crippen molar-refractivity contribution in [3.8, 4) is 0 Å². The fraction of sp³-hybridized carbons (Fsp3) is 0.200. The van der Waals surface area contributed by atoms with Crippen LogP contribution < -0.4 is 0 Å². The molecule has 0 N–H and O–H groups in total. The fourth-order valence-electron chi connectivity index (χ4n) is 1.25. The first-order chi connectivity index (χ1) is 8.24. The molecule has 0 atom stereocenters. The monoisotopic (exact) mass is 234 g/mol. The van der Waals surface area contributed by atoms with Crippen molar-refractivity contribution in [1.29, 1.82) is 0 Å². The zero-order chi connectivity index (χ0) is 12.1. The summed E-state index contributed by atoms with van der Waals surface area (Å²) in [5, 5.41) is 0. The summed E-state index contributed by atoms with van der Waals surface area (Å²) in [6.07, 6.45) is 9.26. The predicted molar refractivity (Wildman–Crippen MR) is 55.6 cm³/mol. The Morgan fingerprint density at radius 1 is 0.941 bits per heavy atom. The number of carbonyl (C=O) groups excluding carboxylic acids is 2. The molecule has 0 saturated carbocycles. The minimum atomic E-state index is -0.617. The van der Waals surface area contributed by atoms with Gasteiger partial charge in [-0.25, -0.2) is 19.6 Å². The van der Waals surface area contributed by atoms with Crippen LogP contribution in [-0.2, 0) is 27.4 Å². The normalized spacial score (nSPS) is 10.1. The molecule has 7 nitrogen and oxygen atoms in total. The van der Waals surface area contributed by atoms with Crippen LogP contribution in [0.25, 0.3) is 0 Å². The van der Waals surface area contributed by atoms with Crippen LogP contribution in [0.3, 0.4) is 0 Å². The van der Waals surface area contributed by atoms with Crippen molar-refractivity contribution in [2.75, 3.05) is 0 Å². The van der Waals surface area contributed by atoms with E-state index in [0.717, 1.165) is 0 Å². The van der Waals surface area contributed by atoms with Crippen molar-refractivity contribution in [3.05, 3.63) is 37.4 Å². The highest BCUT2D eigenvalue weighted by atomic mass is 16.6. The largest absolute Gasteiger partial charge is 0.390 e. The molecule has 17 heavy (non-hydrogen) atoms. The van der Waals surface area contributed by atoms with Gasteiger partial charge < -0.3 is 13.9 Å². The van der Waals surface area contributed by atoms with Crippen molar-refractivity contribution in [3.63, 3.8) is 0 Å². The van der Waals surface area contributed by atoms with Crippen molar-refractivity contribution in [2.45, 2.75) is 13.1 Å². The molecule has 0 saturated heterocycles. The average Bonchev–Trinajstić information content (AvgIpc) is 2.90. The molecule has 0 unspecified atom stereocenters. The van der Waals surface area contributed by atoms with Gasteiger partial charge in [0.25, 0.3) is 0 Å². The van der Waals surface area contributed by atoms with Crippen LogP contribution in [-0.4, -0.2) is 31.0 Å². The highest BCUT2D eigenvalue weighted by Gasteiger charge is 2.11. The van der Waals surface area contributed by atoms with Crippen LogP contribution in [0.15, 0.2) is 37.4 Å². The first kappa shape index (κ1) is 11.1. The van der Waals surface area contributed by atoms with Gasteiger partial charge in [0.15, 0.2) is 0 Å². The summed E-state index contributed by atoms with van der Waals surface area (Å²) in [4.78, 5) is 30.2. The summed E-state index contributed by atoms with van der Waals surface area (Å²) in [6.45, 7) is -0.0641. The van der Waals surface area contributed by atoms with Gasteiger partial charge >= 0.3 is 11.9 Å². The van der Waals surface area contributed by atoms with Crippen LogP contribution in [0.2, 0.25) is 0 Å². The van der Waals surface area contributed by atoms with Gasteiger partial charge in [0.1, 0.15) is 13.1 Å². The molecule has 2 aromatic rings. The smallest absolute Gasteiger partial charge is 0.333 e. The van der Waals surface area contributed by atoms with Gasteiger partial charge in [-0.15, -0.1) is 0 Å². The van der Waals surface area contributed by atoms with Crippen LogP contribution in [0, 0.1) is 0 Å². The molecule has 0 amide bonds. The molecular formula is C10H10N4O3. The molecule has 2 heterocycles. The Balaban J connectivity index is 1.80. The fourth-order valence-corrected chi connectivity index (χ4v) is 1.25. The van der Waals surface area contributed by atoms with E-state index >= 15 is 0 Å². The molecule has 0 aromatic carbocycles. The maximum atomic E-state index is 11.3. The second-order valence-corrected chi connectivity index (χ2v) is 3.32. The average molecular weight is 234 g/mol. The van der Waals surface area contributed by atoms with Gasteiger partial charge in [-0.3, -0.25) is 0 Å². The zero-order valence-corrected chi connectivity index (χ0v) is 8.89. The molecule has 0 aliphatic carbocycles. The van der Waals surface area contributed by atoms with Crippen molar-refractivity contribution < 1.29 is 14.3 Å². The molecule has 88 valence electrons. The van der Waals surface area contributed by atoms with E-state index in [1.54, 1.807) is 24.8 Å². The van der Waals surface area contributed by atoms with E-state index in [2.05, 4.69) is 14.7 Å². The number of hydrogen-bond donors (Lipinski definition) is 0. The molecule has 0 aliphatic heterocycles. The van der Waals surface area contributed by atoms with E-state index in [1.807, 2.05) is 0 Å². The summed E-state index contributed by atoms with van der Waals surface area (Å²) in [6, 6.07) is 0. The van der Waals surface area contributed by atoms with E-state index in [4.69, 9.17) is 0 Å². The topological polar surface area (TPSA) is 79.0 Å². The van der Waals surface area contributed by atoms with Gasteiger partial charge in [-0.2, -0.15) is 0 Å².